The highest BCUT2D eigenvalue weighted by molar-refractivity contribution is 14.1. The van der Waals surface area contributed by atoms with Crippen LogP contribution < -0.4 is 10.2 Å². The van der Waals surface area contributed by atoms with E-state index in [2.05, 4.69) is 77.5 Å². The van der Waals surface area contributed by atoms with Crippen LogP contribution in [0.2, 0.25) is 0 Å². The number of alkyl halides is 1. The number of hydrogen-bond donors (Lipinski definition) is 1. The molecule has 2 rings (SSSR count). The SMILES string of the molecule is C=C1C=C(F)C=CN1/C(C(=O)NCc1ccc(N(CCC)CCI)cc1)=C(\C)CCC. The lowest BCUT2D eigenvalue weighted by Crippen LogP contribution is -2.33. The second-order valence-corrected chi connectivity index (χ2v) is 8.69. The number of carbonyl (C=O) groups is 1. The van der Waals surface area contributed by atoms with Gasteiger partial charge in [0.05, 0.1) is 0 Å². The smallest absolute Gasteiger partial charge is 0.268 e. The third-order valence-electron chi connectivity index (χ3n) is 5.08. The molecular formula is C25H33FIN3O. The lowest BCUT2D eigenvalue weighted by atomic mass is 10.1. The van der Waals surface area contributed by atoms with Gasteiger partial charge < -0.3 is 15.1 Å². The van der Waals surface area contributed by atoms with Gasteiger partial charge in [0.1, 0.15) is 11.5 Å². The highest BCUT2D eigenvalue weighted by Crippen LogP contribution is 2.25. The first-order chi connectivity index (χ1) is 14.9. The molecule has 168 valence electrons. The number of anilines is 1. The third-order valence-corrected chi connectivity index (χ3v) is 5.57. The van der Waals surface area contributed by atoms with Gasteiger partial charge in [-0.2, -0.15) is 0 Å². The highest BCUT2D eigenvalue weighted by Gasteiger charge is 2.22. The molecule has 0 saturated heterocycles. The maximum Gasteiger partial charge on any atom is 0.268 e. The Bertz CT molecular complexity index is 852. The molecule has 4 nitrogen and oxygen atoms in total. The lowest BCUT2D eigenvalue weighted by molar-refractivity contribution is -0.118. The Morgan fingerprint density at radius 3 is 2.48 bits per heavy atom. The molecule has 0 unspecified atom stereocenters. The van der Waals surface area contributed by atoms with Crippen molar-refractivity contribution in [1.82, 2.24) is 10.2 Å². The minimum absolute atomic E-state index is 0.186. The summed E-state index contributed by atoms with van der Waals surface area (Å²) in [7, 11) is 0. The van der Waals surface area contributed by atoms with Crippen LogP contribution >= 0.6 is 22.6 Å². The quantitative estimate of drug-likeness (QED) is 0.207. The van der Waals surface area contributed by atoms with E-state index < -0.39 is 0 Å². The summed E-state index contributed by atoms with van der Waals surface area (Å²) in [5.41, 5.74) is 4.15. The predicted molar refractivity (Wildman–Crippen MR) is 137 cm³/mol. The van der Waals surface area contributed by atoms with E-state index in [4.69, 9.17) is 0 Å². The number of amides is 1. The van der Waals surface area contributed by atoms with Crippen molar-refractivity contribution < 1.29 is 9.18 Å². The summed E-state index contributed by atoms with van der Waals surface area (Å²) in [5, 5.41) is 3.02. The summed E-state index contributed by atoms with van der Waals surface area (Å²) in [6.45, 7) is 12.6. The van der Waals surface area contributed by atoms with Gasteiger partial charge in [0.15, 0.2) is 0 Å². The molecule has 0 bridgehead atoms. The van der Waals surface area contributed by atoms with Crippen LogP contribution in [0, 0.1) is 0 Å². The van der Waals surface area contributed by atoms with Crippen molar-refractivity contribution >= 4 is 34.2 Å². The standard InChI is InChI=1S/C25H33FIN3O/c1-5-7-19(3)24(30-15-12-22(26)17-20(30)4)25(31)28-18-21-8-10-23(11-9-21)29(14-6-2)16-13-27/h8-12,15,17H,4-7,13-14,16,18H2,1-3H3,(H,28,31)/b24-19+. The molecule has 0 atom stereocenters. The topological polar surface area (TPSA) is 35.6 Å². The fraction of sp³-hybridized carbons (Fsp3) is 0.400. The molecule has 1 aromatic rings. The first-order valence-corrected chi connectivity index (χ1v) is 12.3. The molecule has 0 aliphatic carbocycles. The molecule has 0 saturated carbocycles. The van der Waals surface area contributed by atoms with Gasteiger partial charge >= 0.3 is 0 Å². The summed E-state index contributed by atoms with van der Waals surface area (Å²) in [5.74, 6) is -0.553. The fourth-order valence-corrected chi connectivity index (χ4v) is 4.15. The minimum Gasteiger partial charge on any atom is -0.371 e. The van der Waals surface area contributed by atoms with Crippen LogP contribution in [0.1, 0.15) is 45.6 Å². The van der Waals surface area contributed by atoms with Crippen LogP contribution in [0.5, 0.6) is 0 Å². The van der Waals surface area contributed by atoms with Gasteiger partial charge in [-0.3, -0.25) is 4.79 Å². The molecule has 0 aromatic heterocycles. The molecule has 1 N–H and O–H groups in total. The largest absolute Gasteiger partial charge is 0.371 e. The van der Waals surface area contributed by atoms with Gasteiger partial charge in [-0.25, -0.2) is 4.39 Å². The maximum absolute atomic E-state index is 13.5. The van der Waals surface area contributed by atoms with Gasteiger partial charge in [0, 0.05) is 41.6 Å². The molecule has 0 spiro atoms. The molecule has 1 aliphatic heterocycles. The normalized spacial score (nSPS) is 14.3. The van der Waals surface area contributed by atoms with Crippen molar-refractivity contribution in [3.63, 3.8) is 0 Å². The monoisotopic (exact) mass is 537 g/mol. The van der Waals surface area contributed by atoms with Gasteiger partial charge in [0.25, 0.3) is 5.91 Å². The number of nitrogens with one attached hydrogen (secondary N) is 1. The number of nitrogens with zero attached hydrogens (tertiary/aromatic N) is 2. The molecule has 1 amide bonds. The van der Waals surface area contributed by atoms with E-state index in [9.17, 15) is 9.18 Å². The zero-order chi connectivity index (χ0) is 22.8. The van der Waals surface area contributed by atoms with Crippen LogP contribution in [-0.2, 0) is 11.3 Å². The van der Waals surface area contributed by atoms with E-state index in [0.29, 0.717) is 17.9 Å². The van der Waals surface area contributed by atoms with Crippen LogP contribution in [0.25, 0.3) is 0 Å². The van der Waals surface area contributed by atoms with Crippen LogP contribution in [-0.4, -0.2) is 28.3 Å². The summed E-state index contributed by atoms with van der Waals surface area (Å²) in [6, 6.07) is 8.35. The fourth-order valence-electron chi connectivity index (χ4n) is 3.57. The van der Waals surface area contributed by atoms with Gasteiger partial charge in [-0.05, 0) is 55.2 Å². The molecule has 6 heteroatoms. The van der Waals surface area contributed by atoms with Crippen molar-refractivity contribution in [2.45, 2.75) is 46.6 Å². The number of rotatable bonds is 11. The second kappa shape index (κ2) is 12.7. The van der Waals surface area contributed by atoms with E-state index in [-0.39, 0.29) is 11.7 Å². The molecule has 1 aromatic carbocycles. The second-order valence-electron chi connectivity index (χ2n) is 7.61. The highest BCUT2D eigenvalue weighted by atomic mass is 127. The Hall–Kier alpha value is -2.09. The van der Waals surface area contributed by atoms with E-state index in [1.807, 2.05) is 6.92 Å². The predicted octanol–water partition coefficient (Wildman–Crippen LogP) is 6.22. The Labute approximate surface area is 199 Å². The van der Waals surface area contributed by atoms with Crippen LogP contribution in [0.4, 0.5) is 10.1 Å². The summed E-state index contributed by atoms with van der Waals surface area (Å²) in [4.78, 5) is 17.1. The van der Waals surface area contributed by atoms with Gasteiger partial charge in [0.2, 0.25) is 0 Å². The van der Waals surface area contributed by atoms with Crippen molar-refractivity contribution in [2.75, 3.05) is 22.4 Å². The molecule has 1 heterocycles. The van der Waals surface area contributed by atoms with E-state index in [1.54, 1.807) is 11.1 Å². The number of benzene rings is 1. The van der Waals surface area contributed by atoms with Crippen molar-refractivity contribution in [2.24, 2.45) is 0 Å². The number of allylic oxidation sites excluding steroid dienone is 4. The number of hydrogen-bond acceptors (Lipinski definition) is 3. The van der Waals surface area contributed by atoms with Crippen molar-refractivity contribution in [1.29, 1.82) is 0 Å². The average Bonchev–Trinajstić information content (AvgIpc) is 2.74. The third kappa shape index (κ3) is 7.23. The number of halogens is 2. The van der Waals surface area contributed by atoms with E-state index in [1.165, 1.54) is 17.8 Å². The maximum atomic E-state index is 13.5. The summed E-state index contributed by atoms with van der Waals surface area (Å²) in [6.07, 6.45) is 7.06. The Morgan fingerprint density at radius 2 is 1.90 bits per heavy atom. The molecule has 0 radical (unpaired) electrons. The van der Waals surface area contributed by atoms with Crippen LogP contribution in [0.15, 0.2) is 72.0 Å². The van der Waals surface area contributed by atoms with Gasteiger partial charge in [-0.15, -0.1) is 0 Å². The Kier molecular flexibility index (Phi) is 10.3. The Morgan fingerprint density at radius 1 is 1.19 bits per heavy atom. The zero-order valence-electron chi connectivity index (χ0n) is 18.8. The van der Waals surface area contributed by atoms with Crippen LogP contribution in [0.3, 0.4) is 0 Å². The van der Waals surface area contributed by atoms with Crippen molar-refractivity contribution in [3.8, 4) is 0 Å². The van der Waals surface area contributed by atoms with Gasteiger partial charge in [-0.1, -0.05) is 61.6 Å². The summed E-state index contributed by atoms with van der Waals surface area (Å²) < 4.78 is 14.6. The van der Waals surface area contributed by atoms with E-state index in [0.717, 1.165) is 47.9 Å². The first-order valence-electron chi connectivity index (χ1n) is 10.8. The first kappa shape index (κ1) is 25.2. The molecule has 31 heavy (non-hydrogen) atoms. The minimum atomic E-state index is -0.367. The summed E-state index contributed by atoms with van der Waals surface area (Å²) >= 11 is 2.40. The number of carbonyl (C=O) groups excluding carboxylic acids is 1. The van der Waals surface area contributed by atoms with E-state index >= 15 is 0 Å². The van der Waals surface area contributed by atoms with Crippen molar-refractivity contribution in [3.05, 3.63) is 77.6 Å². The average molecular weight is 537 g/mol. The molecule has 0 fully saturated rings. The Balaban J connectivity index is 2.11. The zero-order valence-corrected chi connectivity index (χ0v) is 20.9. The molecule has 1 aliphatic rings. The molecular weight excluding hydrogens is 504 g/mol. The lowest BCUT2D eigenvalue weighted by Gasteiger charge is -2.27.